The lowest BCUT2D eigenvalue weighted by Gasteiger charge is -2.18. The number of amides is 1. The average molecular weight is 298 g/mol. The number of hydrogen-bond donors (Lipinski definition) is 0. The predicted octanol–water partition coefficient (Wildman–Crippen LogP) is 3.48. The maximum atomic E-state index is 12.5. The molecule has 0 spiro atoms. The Balaban J connectivity index is 2.22. The standard InChI is InChI=1S/C17H18N2O3/c1-12-7-9-14(10-8-12)11-18(3)17(20)15-5-4-6-16(13(15)2)19(21)22/h4-10H,11H2,1-3H3. The van der Waals surface area contributed by atoms with E-state index in [0.717, 1.165) is 11.1 Å². The number of nitro benzene ring substituents is 1. The van der Waals surface area contributed by atoms with E-state index in [-0.39, 0.29) is 11.6 Å². The maximum absolute atomic E-state index is 12.5. The molecule has 0 saturated heterocycles. The van der Waals surface area contributed by atoms with Crippen LogP contribution in [0.15, 0.2) is 42.5 Å². The third-order valence-corrected chi connectivity index (χ3v) is 3.62. The molecule has 0 N–H and O–H groups in total. The van der Waals surface area contributed by atoms with Gasteiger partial charge in [-0.2, -0.15) is 0 Å². The first-order chi connectivity index (χ1) is 10.4. The van der Waals surface area contributed by atoms with Gasteiger partial charge in [0.15, 0.2) is 0 Å². The minimum atomic E-state index is -0.466. The van der Waals surface area contributed by atoms with Gasteiger partial charge in [0, 0.05) is 30.8 Å². The molecular formula is C17H18N2O3. The molecule has 0 aliphatic heterocycles. The third kappa shape index (κ3) is 3.31. The highest BCUT2D eigenvalue weighted by Gasteiger charge is 2.20. The molecule has 0 bridgehead atoms. The van der Waals surface area contributed by atoms with Gasteiger partial charge >= 0.3 is 0 Å². The number of aryl methyl sites for hydroxylation is 1. The van der Waals surface area contributed by atoms with Gasteiger partial charge < -0.3 is 4.90 Å². The number of carbonyl (C=O) groups excluding carboxylic acids is 1. The van der Waals surface area contributed by atoms with Crippen LogP contribution in [0.3, 0.4) is 0 Å². The molecule has 5 nitrogen and oxygen atoms in total. The average Bonchev–Trinajstić information content (AvgIpc) is 2.48. The van der Waals surface area contributed by atoms with Crippen LogP contribution in [0.4, 0.5) is 5.69 Å². The molecule has 114 valence electrons. The van der Waals surface area contributed by atoms with Crippen molar-refractivity contribution >= 4 is 11.6 Å². The topological polar surface area (TPSA) is 63.5 Å². The van der Waals surface area contributed by atoms with Gasteiger partial charge in [-0.3, -0.25) is 14.9 Å². The summed E-state index contributed by atoms with van der Waals surface area (Å²) in [4.78, 5) is 24.6. The lowest BCUT2D eigenvalue weighted by atomic mass is 10.1. The molecule has 2 rings (SSSR count). The smallest absolute Gasteiger partial charge is 0.273 e. The van der Waals surface area contributed by atoms with Crippen LogP contribution >= 0.6 is 0 Å². The fourth-order valence-electron chi connectivity index (χ4n) is 2.30. The first-order valence-corrected chi connectivity index (χ1v) is 6.95. The van der Waals surface area contributed by atoms with Gasteiger partial charge in [-0.1, -0.05) is 35.9 Å². The molecule has 5 heteroatoms. The number of hydrogen-bond acceptors (Lipinski definition) is 3. The fourth-order valence-corrected chi connectivity index (χ4v) is 2.30. The second-order valence-corrected chi connectivity index (χ2v) is 5.35. The summed E-state index contributed by atoms with van der Waals surface area (Å²) >= 11 is 0. The van der Waals surface area contributed by atoms with Gasteiger partial charge in [-0.05, 0) is 25.5 Å². The monoisotopic (exact) mass is 298 g/mol. The van der Waals surface area contributed by atoms with Crippen LogP contribution in [0.2, 0.25) is 0 Å². The van der Waals surface area contributed by atoms with E-state index >= 15 is 0 Å². The van der Waals surface area contributed by atoms with Gasteiger partial charge in [-0.25, -0.2) is 0 Å². The quantitative estimate of drug-likeness (QED) is 0.641. The minimum Gasteiger partial charge on any atom is -0.337 e. The highest BCUT2D eigenvalue weighted by Crippen LogP contribution is 2.22. The first-order valence-electron chi connectivity index (χ1n) is 6.95. The summed E-state index contributed by atoms with van der Waals surface area (Å²) < 4.78 is 0. The Labute approximate surface area is 129 Å². The lowest BCUT2D eigenvalue weighted by molar-refractivity contribution is -0.385. The second kappa shape index (κ2) is 6.39. The Morgan fingerprint density at radius 3 is 2.36 bits per heavy atom. The molecule has 0 aliphatic rings. The molecule has 22 heavy (non-hydrogen) atoms. The normalized spacial score (nSPS) is 10.3. The van der Waals surface area contributed by atoms with Crippen molar-refractivity contribution in [2.45, 2.75) is 20.4 Å². The zero-order valence-electron chi connectivity index (χ0n) is 12.9. The van der Waals surface area contributed by atoms with Gasteiger partial charge in [-0.15, -0.1) is 0 Å². The van der Waals surface area contributed by atoms with Crippen molar-refractivity contribution in [1.82, 2.24) is 4.90 Å². The van der Waals surface area contributed by atoms with Crippen LogP contribution in [-0.4, -0.2) is 22.8 Å². The highest BCUT2D eigenvalue weighted by molar-refractivity contribution is 5.96. The zero-order chi connectivity index (χ0) is 16.3. The summed E-state index contributed by atoms with van der Waals surface area (Å²) in [7, 11) is 1.69. The summed E-state index contributed by atoms with van der Waals surface area (Å²) in [6.45, 7) is 4.07. The summed E-state index contributed by atoms with van der Waals surface area (Å²) in [5, 5.41) is 11.0. The van der Waals surface area contributed by atoms with Crippen molar-refractivity contribution in [3.05, 3.63) is 74.8 Å². The van der Waals surface area contributed by atoms with E-state index < -0.39 is 4.92 Å². The molecule has 0 aromatic heterocycles. The predicted molar refractivity (Wildman–Crippen MR) is 84.8 cm³/mol. The van der Waals surface area contributed by atoms with Crippen molar-refractivity contribution in [2.24, 2.45) is 0 Å². The first kappa shape index (κ1) is 15.7. The molecule has 0 heterocycles. The molecule has 0 atom stereocenters. The van der Waals surface area contributed by atoms with Crippen molar-refractivity contribution < 1.29 is 9.72 Å². The second-order valence-electron chi connectivity index (χ2n) is 5.35. The number of benzene rings is 2. The molecule has 1 amide bonds. The largest absolute Gasteiger partial charge is 0.337 e. The Hall–Kier alpha value is -2.69. The molecule has 0 aliphatic carbocycles. The van der Waals surface area contributed by atoms with Gasteiger partial charge in [0.25, 0.3) is 11.6 Å². The highest BCUT2D eigenvalue weighted by atomic mass is 16.6. The van der Waals surface area contributed by atoms with E-state index in [1.54, 1.807) is 24.9 Å². The van der Waals surface area contributed by atoms with E-state index in [2.05, 4.69) is 0 Å². The van der Waals surface area contributed by atoms with E-state index in [1.807, 2.05) is 31.2 Å². The Kier molecular flexibility index (Phi) is 4.56. The van der Waals surface area contributed by atoms with Gasteiger partial charge in [0.1, 0.15) is 0 Å². The third-order valence-electron chi connectivity index (χ3n) is 3.62. The fraction of sp³-hybridized carbons (Fsp3) is 0.235. The van der Waals surface area contributed by atoms with E-state index in [0.29, 0.717) is 17.7 Å². The zero-order valence-corrected chi connectivity index (χ0v) is 12.9. The SMILES string of the molecule is Cc1ccc(CN(C)C(=O)c2cccc([N+](=O)[O-])c2C)cc1. The molecule has 2 aromatic carbocycles. The van der Waals surface area contributed by atoms with Crippen molar-refractivity contribution in [3.8, 4) is 0 Å². The number of nitrogens with zero attached hydrogens (tertiary/aromatic N) is 2. The molecule has 0 fully saturated rings. The van der Waals surface area contributed by atoms with Crippen LogP contribution in [-0.2, 0) is 6.54 Å². The van der Waals surface area contributed by atoms with Crippen LogP contribution in [0.5, 0.6) is 0 Å². The lowest BCUT2D eigenvalue weighted by Crippen LogP contribution is -2.27. The van der Waals surface area contributed by atoms with Gasteiger partial charge in [0.05, 0.1) is 4.92 Å². The van der Waals surface area contributed by atoms with Crippen LogP contribution in [0.1, 0.15) is 27.0 Å². The number of nitro groups is 1. The van der Waals surface area contributed by atoms with Crippen molar-refractivity contribution in [3.63, 3.8) is 0 Å². The van der Waals surface area contributed by atoms with Gasteiger partial charge in [0.2, 0.25) is 0 Å². The van der Waals surface area contributed by atoms with Crippen LogP contribution < -0.4 is 0 Å². The van der Waals surface area contributed by atoms with Crippen molar-refractivity contribution in [2.75, 3.05) is 7.05 Å². The Morgan fingerprint density at radius 2 is 1.77 bits per heavy atom. The molecule has 2 aromatic rings. The van der Waals surface area contributed by atoms with E-state index in [1.165, 1.54) is 12.1 Å². The summed E-state index contributed by atoms with van der Waals surface area (Å²) in [6, 6.07) is 12.5. The summed E-state index contributed by atoms with van der Waals surface area (Å²) in [5.41, 5.74) is 2.91. The number of rotatable bonds is 4. The summed E-state index contributed by atoms with van der Waals surface area (Å²) in [6.07, 6.45) is 0. The molecule has 0 unspecified atom stereocenters. The van der Waals surface area contributed by atoms with Crippen LogP contribution in [0, 0.1) is 24.0 Å². The Bertz CT molecular complexity index is 708. The van der Waals surface area contributed by atoms with Crippen LogP contribution in [0.25, 0.3) is 0 Å². The molecule has 0 radical (unpaired) electrons. The summed E-state index contributed by atoms with van der Waals surface area (Å²) in [5.74, 6) is -0.221. The minimum absolute atomic E-state index is 0.0328. The molecular weight excluding hydrogens is 280 g/mol. The van der Waals surface area contributed by atoms with Crippen molar-refractivity contribution in [1.29, 1.82) is 0 Å². The Morgan fingerprint density at radius 1 is 1.14 bits per heavy atom. The number of carbonyl (C=O) groups is 1. The molecule has 0 saturated carbocycles. The van der Waals surface area contributed by atoms with E-state index in [4.69, 9.17) is 0 Å². The van der Waals surface area contributed by atoms with E-state index in [9.17, 15) is 14.9 Å². The maximum Gasteiger partial charge on any atom is 0.273 e.